The van der Waals surface area contributed by atoms with Crippen LogP contribution in [-0.4, -0.2) is 7.11 Å². The average Bonchev–Trinajstić information content (AvgIpc) is 2.52. The van der Waals surface area contributed by atoms with Crippen molar-refractivity contribution in [2.45, 2.75) is 32.7 Å². The van der Waals surface area contributed by atoms with Crippen LogP contribution in [-0.2, 0) is 6.54 Å². The molecule has 3 heteroatoms. The minimum absolute atomic E-state index is 0.615. The van der Waals surface area contributed by atoms with Crippen molar-refractivity contribution in [3.8, 4) is 5.75 Å². The molecular weight excluding hydrogens is 326 g/mol. The molecule has 0 spiro atoms. The summed E-state index contributed by atoms with van der Waals surface area (Å²) in [5, 5.41) is 3.45. The van der Waals surface area contributed by atoms with Crippen molar-refractivity contribution in [2.75, 3.05) is 12.4 Å². The fraction of sp³-hybridized carbons (Fsp3) is 0.333. The predicted molar refractivity (Wildman–Crippen MR) is 93.2 cm³/mol. The van der Waals surface area contributed by atoms with E-state index >= 15 is 0 Å². The van der Waals surface area contributed by atoms with Gasteiger partial charge in [-0.3, -0.25) is 0 Å². The van der Waals surface area contributed by atoms with Crippen molar-refractivity contribution >= 4 is 21.6 Å². The molecule has 21 heavy (non-hydrogen) atoms. The number of anilines is 1. The summed E-state index contributed by atoms with van der Waals surface area (Å²) in [4.78, 5) is 0. The molecule has 0 amide bonds. The third-order valence-electron chi connectivity index (χ3n) is 3.82. The van der Waals surface area contributed by atoms with E-state index in [2.05, 4.69) is 65.4 Å². The summed E-state index contributed by atoms with van der Waals surface area (Å²) >= 11 is 3.50. The Balaban J connectivity index is 2.04. The molecule has 2 rings (SSSR count). The molecule has 0 aliphatic rings. The van der Waals surface area contributed by atoms with E-state index in [9.17, 15) is 0 Å². The van der Waals surface area contributed by atoms with Crippen molar-refractivity contribution < 1.29 is 4.74 Å². The predicted octanol–water partition coefficient (Wildman–Crippen LogP) is 5.58. The second-order valence-corrected chi connectivity index (χ2v) is 6.16. The zero-order valence-electron chi connectivity index (χ0n) is 12.8. The molecule has 0 bridgehead atoms. The molecule has 0 radical (unpaired) electrons. The van der Waals surface area contributed by atoms with Crippen LogP contribution in [0.3, 0.4) is 0 Å². The van der Waals surface area contributed by atoms with Crippen LogP contribution in [0.1, 0.15) is 37.3 Å². The van der Waals surface area contributed by atoms with Crippen molar-refractivity contribution in [1.29, 1.82) is 0 Å². The topological polar surface area (TPSA) is 21.3 Å². The number of hydrogen-bond donors (Lipinski definition) is 1. The first-order valence-electron chi connectivity index (χ1n) is 7.30. The first-order chi connectivity index (χ1) is 10.1. The van der Waals surface area contributed by atoms with Gasteiger partial charge in [-0.25, -0.2) is 0 Å². The third-order valence-corrected chi connectivity index (χ3v) is 4.31. The molecule has 0 saturated heterocycles. The number of ether oxygens (including phenoxy) is 1. The first kappa shape index (κ1) is 15.9. The quantitative estimate of drug-likeness (QED) is 0.735. The third kappa shape index (κ3) is 4.24. The van der Waals surface area contributed by atoms with E-state index in [4.69, 9.17) is 4.74 Å². The van der Waals surface area contributed by atoms with Crippen LogP contribution >= 0.6 is 15.9 Å². The zero-order valence-corrected chi connectivity index (χ0v) is 14.4. The van der Waals surface area contributed by atoms with E-state index in [1.54, 1.807) is 7.11 Å². The van der Waals surface area contributed by atoms with Gasteiger partial charge < -0.3 is 10.1 Å². The molecule has 112 valence electrons. The average molecular weight is 348 g/mol. The Bertz CT molecular complexity index is 580. The van der Waals surface area contributed by atoms with E-state index < -0.39 is 0 Å². The van der Waals surface area contributed by atoms with Gasteiger partial charge >= 0.3 is 0 Å². The summed E-state index contributed by atoms with van der Waals surface area (Å²) < 4.78 is 6.46. The van der Waals surface area contributed by atoms with Gasteiger partial charge in [0.05, 0.1) is 7.11 Å². The minimum Gasteiger partial charge on any atom is -0.496 e. The van der Waals surface area contributed by atoms with Crippen molar-refractivity contribution in [3.05, 3.63) is 58.1 Å². The fourth-order valence-corrected chi connectivity index (χ4v) is 2.66. The molecule has 2 aromatic carbocycles. The van der Waals surface area contributed by atoms with Gasteiger partial charge in [-0.05, 0) is 48.2 Å². The van der Waals surface area contributed by atoms with Crippen molar-refractivity contribution in [3.63, 3.8) is 0 Å². The van der Waals surface area contributed by atoms with E-state index in [0.717, 1.165) is 28.0 Å². The molecule has 2 aromatic rings. The second-order valence-electron chi connectivity index (χ2n) is 5.24. The number of methoxy groups -OCH3 is 1. The Morgan fingerprint density at radius 1 is 1.14 bits per heavy atom. The number of hydrogen-bond acceptors (Lipinski definition) is 2. The lowest BCUT2D eigenvalue weighted by Crippen LogP contribution is -2.02. The summed E-state index contributed by atoms with van der Waals surface area (Å²) in [6.45, 7) is 5.22. The molecule has 1 atom stereocenters. The van der Waals surface area contributed by atoms with Crippen LogP contribution < -0.4 is 10.1 Å². The van der Waals surface area contributed by atoms with Crippen LogP contribution in [0.4, 0.5) is 5.69 Å². The molecule has 1 unspecified atom stereocenters. The summed E-state index contributed by atoms with van der Waals surface area (Å²) in [6.07, 6.45) is 1.17. The normalized spacial score (nSPS) is 12.0. The molecule has 0 aliphatic heterocycles. The van der Waals surface area contributed by atoms with Gasteiger partial charge in [0.15, 0.2) is 0 Å². The van der Waals surface area contributed by atoms with E-state index in [0.29, 0.717) is 5.92 Å². The zero-order chi connectivity index (χ0) is 15.2. The highest BCUT2D eigenvalue weighted by molar-refractivity contribution is 9.10. The van der Waals surface area contributed by atoms with Gasteiger partial charge in [0.2, 0.25) is 0 Å². The largest absolute Gasteiger partial charge is 0.496 e. The lowest BCUT2D eigenvalue weighted by Gasteiger charge is -2.13. The van der Waals surface area contributed by atoms with Gasteiger partial charge in [0.1, 0.15) is 5.75 Å². The second kappa shape index (κ2) is 7.51. The van der Waals surface area contributed by atoms with Gasteiger partial charge in [-0.1, -0.05) is 41.9 Å². The molecule has 0 aliphatic carbocycles. The maximum absolute atomic E-state index is 5.39. The van der Waals surface area contributed by atoms with Gasteiger partial charge in [0, 0.05) is 22.3 Å². The minimum atomic E-state index is 0.615. The lowest BCUT2D eigenvalue weighted by molar-refractivity contribution is 0.410. The van der Waals surface area contributed by atoms with Crippen LogP contribution in [0.25, 0.3) is 0 Å². The number of benzene rings is 2. The Morgan fingerprint density at radius 3 is 2.48 bits per heavy atom. The summed E-state index contributed by atoms with van der Waals surface area (Å²) in [7, 11) is 1.70. The standard InChI is InChI=1S/C18H22BrNO/c1-4-13(2)14-5-8-17(9-6-14)20-12-15-11-16(19)7-10-18(15)21-3/h5-11,13,20H,4,12H2,1-3H3. The van der Waals surface area contributed by atoms with Gasteiger partial charge in [0.25, 0.3) is 0 Å². The Kier molecular flexibility index (Phi) is 5.68. The Hall–Kier alpha value is -1.48. The Morgan fingerprint density at radius 2 is 1.86 bits per heavy atom. The van der Waals surface area contributed by atoms with Crippen LogP contribution in [0, 0.1) is 0 Å². The van der Waals surface area contributed by atoms with E-state index in [1.807, 2.05) is 12.1 Å². The molecule has 0 aromatic heterocycles. The molecule has 0 heterocycles. The SMILES string of the molecule is CCC(C)c1ccc(NCc2cc(Br)ccc2OC)cc1. The van der Waals surface area contributed by atoms with Gasteiger partial charge in [-0.15, -0.1) is 0 Å². The summed E-state index contributed by atoms with van der Waals surface area (Å²) in [5.41, 5.74) is 3.66. The lowest BCUT2D eigenvalue weighted by atomic mass is 9.98. The molecule has 2 nitrogen and oxygen atoms in total. The van der Waals surface area contributed by atoms with Gasteiger partial charge in [-0.2, -0.15) is 0 Å². The van der Waals surface area contributed by atoms with Crippen molar-refractivity contribution in [2.24, 2.45) is 0 Å². The van der Waals surface area contributed by atoms with E-state index in [1.165, 1.54) is 12.0 Å². The Labute approximate surface area is 135 Å². The number of nitrogens with one attached hydrogen (secondary N) is 1. The number of halogens is 1. The van der Waals surface area contributed by atoms with Crippen molar-refractivity contribution in [1.82, 2.24) is 0 Å². The molecule has 0 fully saturated rings. The maximum atomic E-state index is 5.39. The van der Waals surface area contributed by atoms with Crippen LogP contribution in [0.5, 0.6) is 5.75 Å². The molecular formula is C18H22BrNO. The highest BCUT2D eigenvalue weighted by Crippen LogP contribution is 2.25. The highest BCUT2D eigenvalue weighted by Gasteiger charge is 2.05. The van der Waals surface area contributed by atoms with Crippen LogP contribution in [0.15, 0.2) is 46.9 Å². The summed E-state index contributed by atoms with van der Waals surface area (Å²) in [5.74, 6) is 1.52. The molecule has 1 N–H and O–H groups in total. The smallest absolute Gasteiger partial charge is 0.123 e. The van der Waals surface area contributed by atoms with Crippen LogP contribution in [0.2, 0.25) is 0 Å². The fourth-order valence-electron chi connectivity index (χ4n) is 2.25. The number of rotatable bonds is 6. The maximum Gasteiger partial charge on any atom is 0.123 e. The molecule has 0 saturated carbocycles. The monoisotopic (exact) mass is 347 g/mol. The summed E-state index contributed by atoms with van der Waals surface area (Å²) in [6, 6.07) is 14.7. The first-order valence-corrected chi connectivity index (χ1v) is 8.09. The van der Waals surface area contributed by atoms with E-state index in [-0.39, 0.29) is 0 Å². The highest BCUT2D eigenvalue weighted by atomic mass is 79.9.